The lowest BCUT2D eigenvalue weighted by Gasteiger charge is -2.17. The van der Waals surface area contributed by atoms with Crippen LogP contribution in [0.15, 0.2) is 47.6 Å². The predicted molar refractivity (Wildman–Crippen MR) is 113 cm³/mol. The smallest absolute Gasteiger partial charge is 0.192 e. The molecule has 0 aliphatic heterocycles. The van der Waals surface area contributed by atoms with Crippen LogP contribution in [0.5, 0.6) is 11.5 Å². The number of aromatic hydroxyl groups is 2. The number of halogens is 1. The Hall–Kier alpha value is -2.51. The van der Waals surface area contributed by atoms with Crippen LogP contribution in [-0.4, -0.2) is 36.5 Å². The molecular formula is C21H20ClN3O3S. The Labute approximate surface area is 177 Å². The second kappa shape index (κ2) is 8.47. The van der Waals surface area contributed by atoms with Crippen LogP contribution in [0.2, 0.25) is 5.02 Å². The van der Waals surface area contributed by atoms with E-state index in [1.807, 2.05) is 24.3 Å². The van der Waals surface area contributed by atoms with Gasteiger partial charge in [0.1, 0.15) is 11.5 Å². The summed E-state index contributed by atoms with van der Waals surface area (Å²) in [5.41, 5.74) is 0.997. The van der Waals surface area contributed by atoms with Crippen LogP contribution in [0.1, 0.15) is 42.1 Å². The van der Waals surface area contributed by atoms with Gasteiger partial charge in [-0.3, -0.25) is 9.36 Å². The van der Waals surface area contributed by atoms with Crippen molar-refractivity contribution in [3.63, 3.8) is 0 Å². The van der Waals surface area contributed by atoms with Crippen LogP contribution in [0.3, 0.4) is 0 Å². The van der Waals surface area contributed by atoms with Gasteiger partial charge in [0.2, 0.25) is 0 Å². The third-order valence-electron chi connectivity index (χ3n) is 5.08. The molecule has 1 heterocycles. The molecule has 0 bridgehead atoms. The predicted octanol–water partition coefficient (Wildman–Crippen LogP) is 5.10. The maximum Gasteiger partial charge on any atom is 0.192 e. The van der Waals surface area contributed by atoms with Gasteiger partial charge in [0.05, 0.1) is 16.3 Å². The van der Waals surface area contributed by atoms with Crippen LogP contribution in [0.4, 0.5) is 0 Å². The second-order valence-electron chi connectivity index (χ2n) is 7.01. The summed E-state index contributed by atoms with van der Waals surface area (Å²) >= 11 is 7.69. The number of phenolic OH excluding ortho intramolecular Hbond substituents is 2. The van der Waals surface area contributed by atoms with E-state index < -0.39 is 0 Å². The van der Waals surface area contributed by atoms with E-state index in [0.717, 1.165) is 37.3 Å². The molecule has 4 rings (SSSR count). The highest BCUT2D eigenvalue weighted by Gasteiger charge is 2.26. The summed E-state index contributed by atoms with van der Waals surface area (Å²) in [4.78, 5) is 12.6. The maximum absolute atomic E-state index is 12.6. The van der Waals surface area contributed by atoms with E-state index in [1.54, 1.807) is 0 Å². The number of carbonyl (C=O) groups excluding carboxylic acids is 1. The van der Waals surface area contributed by atoms with Gasteiger partial charge in [-0.2, -0.15) is 0 Å². The van der Waals surface area contributed by atoms with Gasteiger partial charge in [0, 0.05) is 17.7 Å². The van der Waals surface area contributed by atoms with E-state index >= 15 is 0 Å². The number of phenols is 2. The molecular weight excluding hydrogens is 410 g/mol. The van der Waals surface area contributed by atoms with E-state index in [4.69, 9.17) is 11.6 Å². The zero-order valence-corrected chi connectivity index (χ0v) is 17.2. The van der Waals surface area contributed by atoms with Crippen molar-refractivity contribution in [1.29, 1.82) is 0 Å². The van der Waals surface area contributed by atoms with Crippen LogP contribution in [0, 0.1) is 0 Å². The quantitative estimate of drug-likeness (QED) is 0.418. The highest BCUT2D eigenvalue weighted by atomic mass is 35.5. The highest BCUT2D eigenvalue weighted by molar-refractivity contribution is 7.99. The lowest BCUT2D eigenvalue weighted by Crippen LogP contribution is -2.10. The van der Waals surface area contributed by atoms with E-state index in [-0.39, 0.29) is 34.6 Å². The Morgan fingerprint density at radius 1 is 1.14 bits per heavy atom. The van der Waals surface area contributed by atoms with Crippen molar-refractivity contribution >= 4 is 29.1 Å². The number of carbonyl (C=O) groups is 1. The van der Waals surface area contributed by atoms with Crippen molar-refractivity contribution in [2.75, 3.05) is 5.75 Å². The van der Waals surface area contributed by atoms with Crippen molar-refractivity contribution in [3.8, 4) is 22.9 Å². The van der Waals surface area contributed by atoms with E-state index in [2.05, 4.69) is 14.8 Å². The van der Waals surface area contributed by atoms with Gasteiger partial charge in [-0.15, -0.1) is 10.2 Å². The Kier molecular flexibility index (Phi) is 5.78. The van der Waals surface area contributed by atoms with Crippen molar-refractivity contribution < 1.29 is 15.0 Å². The Morgan fingerprint density at radius 3 is 2.62 bits per heavy atom. The standard InChI is InChI=1S/C21H20ClN3O3S/c22-17-8-4-3-7-15(17)20-23-24-21(25(20)13-5-1-2-6-13)29-12-19(28)16-10-9-14(26)11-18(16)27/h3-4,7-11,13,26-27H,1-2,5-6,12H2. The van der Waals surface area contributed by atoms with Crippen LogP contribution >= 0.6 is 23.4 Å². The highest BCUT2D eigenvalue weighted by Crippen LogP contribution is 2.38. The lowest BCUT2D eigenvalue weighted by atomic mass is 10.1. The summed E-state index contributed by atoms with van der Waals surface area (Å²) in [7, 11) is 0. The summed E-state index contributed by atoms with van der Waals surface area (Å²) in [6, 6.07) is 11.8. The average molecular weight is 430 g/mol. The second-order valence-corrected chi connectivity index (χ2v) is 8.36. The molecule has 0 amide bonds. The number of rotatable bonds is 6. The largest absolute Gasteiger partial charge is 0.508 e. The molecule has 0 spiro atoms. The van der Waals surface area contributed by atoms with Crippen LogP contribution in [-0.2, 0) is 0 Å². The maximum atomic E-state index is 12.6. The first kappa shape index (κ1) is 19.8. The molecule has 0 unspecified atom stereocenters. The Balaban J connectivity index is 1.62. The van der Waals surface area contributed by atoms with Crippen molar-refractivity contribution in [3.05, 3.63) is 53.1 Å². The summed E-state index contributed by atoms with van der Waals surface area (Å²) in [5, 5.41) is 29.3. The van der Waals surface area contributed by atoms with E-state index in [1.165, 1.54) is 23.9 Å². The molecule has 29 heavy (non-hydrogen) atoms. The summed E-state index contributed by atoms with van der Waals surface area (Å²) in [5.74, 6) is 0.255. The van der Waals surface area contributed by atoms with Gasteiger partial charge in [0.15, 0.2) is 16.8 Å². The lowest BCUT2D eigenvalue weighted by molar-refractivity contribution is 0.102. The van der Waals surface area contributed by atoms with Gasteiger partial charge < -0.3 is 10.2 Å². The minimum atomic E-state index is -0.243. The molecule has 2 aromatic carbocycles. The molecule has 0 saturated heterocycles. The fourth-order valence-electron chi connectivity index (χ4n) is 3.66. The minimum Gasteiger partial charge on any atom is -0.508 e. The molecule has 1 aliphatic rings. The zero-order chi connectivity index (χ0) is 20.4. The summed E-state index contributed by atoms with van der Waals surface area (Å²) in [6.45, 7) is 0. The van der Waals surface area contributed by atoms with Gasteiger partial charge in [-0.1, -0.05) is 48.3 Å². The first-order valence-electron chi connectivity index (χ1n) is 9.42. The molecule has 150 valence electrons. The molecule has 1 aliphatic carbocycles. The average Bonchev–Trinajstić information content (AvgIpc) is 3.36. The van der Waals surface area contributed by atoms with Crippen molar-refractivity contribution in [2.24, 2.45) is 0 Å². The van der Waals surface area contributed by atoms with Crippen molar-refractivity contribution in [1.82, 2.24) is 14.8 Å². The molecule has 1 saturated carbocycles. The van der Waals surface area contributed by atoms with Crippen molar-refractivity contribution in [2.45, 2.75) is 36.9 Å². The third kappa shape index (κ3) is 4.11. The van der Waals surface area contributed by atoms with Gasteiger partial charge in [0.25, 0.3) is 0 Å². The number of nitrogens with zero attached hydrogens (tertiary/aromatic N) is 3. The number of ketones is 1. The van der Waals surface area contributed by atoms with Gasteiger partial charge in [-0.05, 0) is 37.1 Å². The SMILES string of the molecule is O=C(CSc1nnc(-c2ccccc2Cl)n1C1CCCC1)c1ccc(O)cc1O. The number of Topliss-reactive ketones (excluding diaryl/α,β-unsaturated/α-hetero) is 1. The Morgan fingerprint density at radius 2 is 1.90 bits per heavy atom. The molecule has 8 heteroatoms. The molecule has 1 fully saturated rings. The molecule has 0 atom stereocenters. The molecule has 6 nitrogen and oxygen atoms in total. The fourth-order valence-corrected chi connectivity index (χ4v) is 4.77. The van der Waals surface area contributed by atoms with Gasteiger partial charge >= 0.3 is 0 Å². The van der Waals surface area contributed by atoms with Crippen LogP contribution < -0.4 is 0 Å². The molecule has 3 aromatic rings. The van der Waals surface area contributed by atoms with Gasteiger partial charge in [-0.25, -0.2) is 0 Å². The molecule has 1 aromatic heterocycles. The van der Waals surface area contributed by atoms with E-state index in [9.17, 15) is 15.0 Å². The van der Waals surface area contributed by atoms with Crippen LogP contribution in [0.25, 0.3) is 11.4 Å². The number of hydrogen-bond donors (Lipinski definition) is 2. The number of thioether (sulfide) groups is 1. The molecule has 2 N–H and O–H groups in total. The number of benzene rings is 2. The normalized spacial score (nSPS) is 14.4. The minimum absolute atomic E-state index is 0.0861. The monoisotopic (exact) mass is 429 g/mol. The number of aromatic nitrogens is 3. The third-order valence-corrected chi connectivity index (χ3v) is 6.36. The summed E-state index contributed by atoms with van der Waals surface area (Å²) in [6.07, 6.45) is 4.37. The summed E-state index contributed by atoms with van der Waals surface area (Å²) < 4.78 is 2.10. The first-order chi connectivity index (χ1) is 14.0. The van der Waals surface area contributed by atoms with E-state index in [0.29, 0.717) is 16.0 Å². The first-order valence-corrected chi connectivity index (χ1v) is 10.8. The Bertz CT molecular complexity index is 1050. The molecule has 0 radical (unpaired) electrons. The topological polar surface area (TPSA) is 88.2 Å². The fraction of sp³-hybridized carbons (Fsp3) is 0.286. The number of hydrogen-bond acceptors (Lipinski definition) is 6. The zero-order valence-electron chi connectivity index (χ0n) is 15.6.